The maximum absolute atomic E-state index is 13.2. The SMILES string of the molecule is CN(C)c1ccc(NC2=C(c3cccs3)C(=O)N(Cc3ccccc3)C2=O)cc1. The van der Waals surface area contributed by atoms with Crippen molar-refractivity contribution in [1.82, 2.24) is 4.90 Å². The summed E-state index contributed by atoms with van der Waals surface area (Å²) in [6.07, 6.45) is 0. The third-order valence-corrected chi connectivity index (χ3v) is 5.66. The largest absolute Gasteiger partial charge is 0.378 e. The van der Waals surface area contributed by atoms with Gasteiger partial charge in [-0.3, -0.25) is 14.5 Å². The number of hydrogen-bond acceptors (Lipinski definition) is 5. The van der Waals surface area contributed by atoms with E-state index in [1.54, 1.807) is 0 Å². The number of carbonyl (C=O) groups excluding carboxylic acids is 2. The minimum absolute atomic E-state index is 0.248. The Kier molecular flexibility index (Phi) is 5.18. The van der Waals surface area contributed by atoms with Gasteiger partial charge in [0.15, 0.2) is 0 Å². The zero-order valence-corrected chi connectivity index (χ0v) is 17.1. The summed E-state index contributed by atoms with van der Waals surface area (Å²) in [6.45, 7) is 0.248. The molecular formula is C23H21N3O2S. The standard InChI is InChI=1S/C23H21N3O2S/c1-25(2)18-12-10-17(11-13-18)24-21-20(19-9-6-14-29-19)22(27)26(23(21)28)15-16-7-4-3-5-8-16/h3-14,24H,15H2,1-2H3. The summed E-state index contributed by atoms with van der Waals surface area (Å²) in [6, 6.07) is 21.1. The Balaban J connectivity index is 1.67. The summed E-state index contributed by atoms with van der Waals surface area (Å²) in [5.41, 5.74) is 3.49. The molecule has 2 aromatic carbocycles. The molecule has 1 N–H and O–H groups in total. The quantitative estimate of drug-likeness (QED) is 0.627. The predicted octanol–water partition coefficient (Wildman–Crippen LogP) is 4.21. The molecule has 2 amide bonds. The third kappa shape index (κ3) is 3.79. The summed E-state index contributed by atoms with van der Waals surface area (Å²) >= 11 is 1.45. The van der Waals surface area contributed by atoms with Crippen LogP contribution in [0.1, 0.15) is 10.4 Å². The number of anilines is 2. The van der Waals surface area contributed by atoms with Crippen LogP contribution in [0.4, 0.5) is 11.4 Å². The van der Waals surface area contributed by atoms with Crippen molar-refractivity contribution in [2.45, 2.75) is 6.54 Å². The first kappa shape index (κ1) is 19.0. The van der Waals surface area contributed by atoms with Gasteiger partial charge >= 0.3 is 0 Å². The van der Waals surface area contributed by atoms with Crippen molar-refractivity contribution < 1.29 is 9.59 Å². The predicted molar refractivity (Wildman–Crippen MR) is 118 cm³/mol. The van der Waals surface area contributed by atoms with E-state index < -0.39 is 0 Å². The topological polar surface area (TPSA) is 52.7 Å². The van der Waals surface area contributed by atoms with Gasteiger partial charge in [-0.2, -0.15) is 0 Å². The van der Waals surface area contributed by atoms with Crippen molar-refractivity contribution in [2.75, 3.05) is 24.3 Å². The molecule has 6 heteroatoms. The first-order valence-electron chi connectivity index (χ1n) is 9.27. The molecule has 0 fully saturated rings. The van der Waals surface area contributed by atoms with Gasteiger partial charge in [-0.1, -0.05) is 36.4 Å². The zero-order chi connectivity index (χ0) is 20.4. The van der Waals surface area contributed by atoms with E-state index in [-0.39, 0.29) is 18.4 Å². The van der Waals surface area contributed by atoms with E-state index in [0.717, 1.165) is 21.8 Å². The van der Waals surface area contributed by atoms with E-state index in [9.17, 15) is 9.59 Å². The highest BCUT2D eigenvalue weighted by molar-refractivity contribution is 7.11. The highest BCUT2D eigenvalue weighted by Gasteiger charge is 2.39. The van der Waals surface area contributed by atoms with E-state index in [2.05, 4.69) is 5.32 Å². The van der Waals surface area contributed by atoms with E-state index in [1.165, 1.54) is 16.2 Å². The lowest BCUT2D eigenvalue weighted by Gasteiger charge is -2.16. The van der Waals surface area contributed by atoms with Crippen molar-refractivity contribution in [3.05, 3.63) is 88.2 Å². The van der Waals surface area contributed by atoms with Gasteiger partial charge in [0.2, 0.25) is 0 Å². The van der Waals surface area contributed by atoms with Crippen LogP contribution in [-0.4, -0.2) is 30.8 Å². The Labute approximate surface area is 173 Å². The van der Waals surface area contributed by atoms with Crippen LogP contribution in [0.5, 0.6) is 0 Å². The van der Waals surface area contributed by atoms with Gasteiger partial charge in [-0.15, -0.1) is 11.3 Å². The fourth-order valence-electron chi connectivity index (χ4n) is 3.24. The second kappa shape index (κ2) is 7.93. The van der Waals surface area contributed by atoms with E-state index >= 15 is 0 Å². The molecule has 1 aliphatic heterocycles. The normalized spacial score (nSPS) is 13.9. The minimum atomic E-state index is -0.307. The maximum Gasteiger partial charge on any atom is 0.278 e. The Bertz CT molecular complexity index is 1060. The van der Waals surface area contributed by atoms with Gasteiger partial charge in [-0.25, -0.2) is 0 Å². The number of thiophene rings is 1. The molecule has 4 rings (SSSR count). The van der Waals surface area contributed by atoms with Crippen molar-refractivity contribution in [2.24, 2.45) is 0 Å². The van der Waals surface area contributed by atoms with Crippen LogP contribution in [0.25, 0.3) is 5.57 Å². The molecule has 0 aliphatic carbocycles. The van der Waals surface area contributed by atoms with Crippen LogP contribution in [0.2, 0.25) is 0 Å². The van der Waals surface area contributed by atoms with Gasteiger partial charge in [0.1, 0.15) is 5.70 Å². The fourth-order valence-corrected chi connectivity index (χ4v) is 4.01. The molecule has 0 bridgehead atoms. The van der Waals surface area contributed by atoms with Gasteiger partial charge in [0.25, 0.3) is 11.8 Å². The van der Waals surface area contributed by atoms with Crippen molar-refractivity contribution in [3.8, 4) is 0 Å². The van der Waals surface area contributed by atoms with Crippen molar-refractivity contribution in [1.29, 1.82) is 0 Å². The van der Waals surface area contributed by atoms with Crippen molar-refractivity contribution >= 4 is 40.1 Å². The minimum Gasteiger partial charge on any atom is -0.378 e. The molecule has 0 radical (unpaired) electrons. The second-order valence-corrected chi connectivity index (χ2v) is 7.92. The molecular weight excluding hydrogens is 382 g/mol. The maximum atomic E-state index is 13.2. The Morgan fingerprint density at radius 1 is 0.897 bits per heavy atom. The van der Waals surface area contributed by atoms with E-state index in [4.69, 9.17) is 0 Å². The fraction of sp³-hybridized carbons (Fsp3) is 0.130. The number of benzene rings is 2. The van der Waals surface area contributed by atoms with E-state index in [1.807, 2.05) is 91.1 Å². The lowest BCUT2D eigenvalue weighted by molar-refractivity contribution is -0.137. The lowest BCUT2D eigenvalue weighted by atomic mass is 10.1. The van der Waals surface area contributed by atoms with Gasteiger partial charge in [0.05, 0.1) is 12.1 Å². The second-order valence-electron chi connectivity index (χ2n) is 6.98. The number of imide groups is 1. The zero-order valence-electron chi connectivity index (χ0n) is 16.3. The van der Waals surface area contributed by atoms with Crippen LogP contribution in [0, 0.1) is 0 Å². The highest BCUT2D eigenvalue weighted by Crippen LogP contribution is 2.33. The molecule has 5 nitrogen and oxygen atoms in total. The first-order valence-corrected chi connectivity index (χ1v) is 10.2. The molecule has 0 saturated carbocycles. The molecule has 0 atom stereocenters. The number of hydrogen-bond donors (Lipinski definition) is 1. The molecule has 3 aromatic rings. The molecule has 0 spiro atoms. The van der Waals surface area contributed by atoms with Gasteiger partial charge in [-0.05, 0) is 41.3 Å². The number of rotatable bonds is 6. The Morgan fingerprint density at radius 3 is 2.24 bits per heavy atom. The molecule has 146 valence electrons. The van der Waals surface area contributed by atoms with Crippen LogP contribution in [0.3, 0.4) is 0 Å². The summed E-state index contributed by atoms with van der Waals surface area (Å²) in [5, 5.41) is 5.10. The number of nitrogens with one attached hydrogen (secondary N) is 1. The Morgan fingerprint density at radius 2 is 1.62 bits per heavy atom. The highest BCUT2D eigenvalue weighted by atomic mass is 32.1. The van der Waals surface area contributed by atoms with Crippen LogP contribution >= 0.6 is 11.3 Å². The van der Waals surface area contributed by atoms with Crippen LogP contribution < -0.4 is 10.2 Å². The first-order chi connectivity index (χ1) is 14.0. The third-order valence-electron chi connectivity index (χ3n) is 4.77. The average molecular weight is 404 g/mol. The van der Waals surface area contributed by atoms with Crippen LogP contribution in [0.15, 0.2) is 77.8 Å². The summed E-state index contributed by atoms with van der Waals surface area (Å²) in [4.78, 5) is 30.5. The molecule has 29 heavy (non-hydrogen) atoms. The summed E-state index contributed by atoms with van der Waals surface area (Å²) < 4.78 is 0. The summed E-state index contributed by atoms with van der Waals surface area (Å²) in [7, 11) is 3.95. The molecule has 0 saturated heterocycles. The summed E-state index contributed by atoms with van der Waals surface area (Å²) in [5.74, 6) is -0.576. The molecule has 2 heterocycles. The molecule has 1 aliphatic rings. The Hall–Kier alpha value is -3.38. The smallest absolute Gasteiger partial charge is 0.278 e. The van der Waals surface area contributed by atoms with E-state index in [0.29, 0.717) is 11.3 Å². The van der Waals surface area contributed by atoms with Crippen molar-refractivity contribution in [3.63, 3.8) is 0 Å². The monoisotopic (exact) mass is 403 g/mol. The molecule has 0 unspecified atom stereocenters. The average Bonchev–Trinajstić information content (AvgIpc) is 3.33. The number of amides is 2. The lowest BCUT2D eigenvalue weighted by Crippen LogP contribution is -2.31. The molecule has 1 aromatic heterocycles. The number of nitrogens with zero attached hydrogens (tertiary/aromatic N) is 2. The van der Waals surface area contributed by atoms with Gasteiger partial charge in [0, 0.05) is 30.3 Å². The van der Waals surface area contributed by atoms with Gasteiger partial charge < -0.3 is 10.2 Å². The number of carbonyl (C=O) groups is 2. The van der Waals surface area contributed by atoms with Crippen LogP contribution in [-0.2, 0) is 16.1 Å².